The highest BCUT2D eigenvalue weighted by Gasteiger charge is 2.02. The number of ketones is 1. The third-order valence-electron chi connectivity index (χ3n) is 3.22. The van der Waals surface area contributed by atoms with Crippen molar-refractivity contribution in [2.75, 3.05) is 0 Å². The van der Waals surface area contributed by atoms with Crippen molar-refractivity contribution in [3.63, 3.8) is 0 Å². The SMILES string of the molecule is CCn1cncc1COc1ccc(CCC(C)=O)cc1. The highest BCUT2D eigenvalue weighted by molar-refractivity contribution is 5.75. The molecule has 2 rings (SSSR count). The maximum Gasteiger partial charge on any atom is 0.130 e. The third-order valence-corrected chi connectivity index (χ3v) is 3.22. The van der Waals surface area contributed by atoms with E-state index in [0.717, 1.165) is 30.0 Å². The Kier molecular flexibility index (Phi) is 4.93. The lowest BCUT2D eigenvalue weighted by molar-refractivity contribution is -0.116. The zero-order valence-corrected chi connectivity index (χ0v) is 12.0. The van der Waals surface area contributed by atoms with E-state index in [0.29, 0.717) is 13.0 Å². The molecular formula is C16H20N2O2. The summed E-state index contributed by atoms with van der Waals surface area (Å²) in [5.74, 6) is 1.05. The molecule has 0 saturated carbocycles. The van der Waals surface area contributed by atoms with Crippen LogP contribution >= 0.6 is 0 Å². The van der Waals surface area contributed by atoms with E-state index in [1.807, 2.05) is 36.8 Å². The molecule has 0 radical (unpaired) electrons. The van der Waals surface area contributed by atoms with Crippen LogP contribution in [0, 0.1) is 0 Å². The molecule has 0 bridgehead atoms. The average Bonchev–Trinajstić information content (AvgIpc) is 2.91. The highest BCUT2D eigenvalue weighted by atomic mass is 16.5. The van der Waals surface area contributed by atoms with Crippen LogP contribution in [0.1, 0.15) is 31.5 Å². The summed E-state index contributed by atoms with van der Waals surface area (Å²) in [7, 11) is 0. The van der Waals surface area contributed by atoms with Gasteiger partial charge in [0.25, 0.3) is 0 Å². The quantitative estimate of drug-likeness (QED) is 0.778. The minimum absolute atomic E-state index is 0.221. The van der Waals surface area contributed by atoms with E-state index in [4.69, 9.17) is 4.74 Å². The standard InChI is InChI=1S/C16H20N2O2/c1-3-18-12-17-10-15(18)11-20-16-8-6-14(7-9-16)5-4-13(2)19/h6-10,12H,3-5,11H2,1-2H3. The molecule has 0 saturated heterocycles. The summed E-state index contributed by atoms with van der Waals surface area (Å²) >= 11 is 0. The third kappa shape index (κ3) is 3.95. The molecule has 0 atom stereocenters. The van der Waals surface area contributed by atoms with Crippen molar-refractivity contribution < 1.29 is 9.53 Å². The van der Waals surface area contributed by atoms with Gasteiger partial charge in [-0.2, -0.15) is 0 Å². The van der Waals surface area contributed by atoms with Gasteiger partial charge in [0.15, 0.2) is 0 Å². The van der Waals surface area contributed by atoms with E-state index in [2.05, 4.69) is 16.5 Å². The van der Waals surface area contributed by atoms with E-state index in [1.165, 1.54) is 0 Å². The number of aromatic nitrogens is 2. The number of rotatable bonds is 7. The Labute approximate surface area is 119 Å². The number of aryl methyl sites for hydroxylation is 2. The molecule has 1 heterocycles. The Morgan fingerprint density at radius 2 is 2.05 bits per heavy atom. The Balaban J connectivity index is 1.89. The zero-order chi connectivity index (χ0) is 14.4. The van der Waals surface area contributed by atoms with Crippen LogP contribution in [-0.2, 0) is 24.4 Å². The van der Waals surface area contributed by atoms with Crippen LogP contribution in [-0.4, -0.2) is 15.3 Å². The molecule has 0 spiro atoms. The molecule has 20 heavy (non-hydrogen) atoms. The van der Waals surface area contributed by atoms with E-state index in [-0.39, 0.29) is 5.78 Å². The molecule has 0 aliphatic rings. The van der Waals surface area contributed by atoms with E-state index in [1.54, 1.807) is 6.92 Å². The van der Waals surface area contributed by atoms with Gasteiger partial charge in [-0.25, -0.2) is 4.98 Å². The molecule has 0 unspecified atom stereocenters. The summed E-state index contributed by atoms with van der Waals surface area (Å²) in [6.45, 7) is 5.10. The van der Waals surface area contributed by atoms with Crippen LogP contribution < -0.4 is 4.74 Å². The molecule has 0 fully saturated rings. The fourth-order valence-electron chi connectivity index (χ4n) is 1.98. The Morgan fingerprint density at radius 1 is 1.30 bits per heavy atom. The highest BCUT2D eigenvalue weighted by Crippen LogP contribution is 2.15. The topological polar surface area (TPSA) is 44.1 Å². The number of imidazole rings is 1. The predicted octanol–water partition coefficient (Wildman–Crippen LogP) is 3.00. The fraction of sp³-hybridized carbons (Fsp3) is 0.375. The number of Topliss-reactive ketones (excluding diaryl/α,β-unsaturated/α-hetero) is 1. The van der Waals surface area contributed by atoms with Crippen LogP contribution in [0.4, 0.5) is 0 Å². The summed E-state index contributed by atoms with van der Waals surface area (Å²) in [6.07, 6.45) is 5.02. The summed E-state index contributed by atoms with van der Waals surface area (Å²) in [5.41, 5.74) is 2.22. The number of carbonyl (C=O) groups is 1. The smallest absolute Gasteiger partial charge is 0.130 e. The molecule has 106 valence electrons. The molecule has 4 heteroatoms. The minimum Gasteiger partial charge on any atom is -0.487 e. The fourth-order valence-corrected chi connectivity index (χ4v) is 1.98. The number of nitrogens with zero attached hydrogens (tertiary/aromatic N) is 2. The van der Waals surface area contributed by atoms with Crippen molar-refractivity contribution in [3.8, 4) is 5.75 Å². The van der Waals surface area contributed by atoms with Gasteiger partial charge in [0.05, 0.1) is 18.2 Å². The first kappa shape index (κ1) is 14.3. The number of hydrogen-bond acceptors (Lipinski definition) is 3. The minimum atomic E-state index is 0.221. The van der Waals surface area contributed by atoms with Gasteiger partial charge in [-0.15, -0.1) is 0 Å². The Hall–Kier alpha value is -2.10. The van der Waals surface area contributed by atoms with E-state index >= 15 is 0 Å². The van der Waals surface area contributed by atoms with Crippen molar-refractivity contribution in [2.45, 2.75) is 39.8 Å². The van der Waals surface area contributed by atoms with Crippen molar-refractivity contribution in [2.24, 2.45) is 0 Å². The lowest BCUT2D eigenvalue weighted by Gasteiger charge is -2.08. The van der Waals surface area contributed by atoms with Crippen LogP contribution in [0.3, 0.4) is 0 Å². The molecular weight excluding hydrogens is 252 g/mol. The van der Waals surface area contributed by atoms with Crippen LogP contribution in [0.2, 0.25) is 0 Å². The first-order valence-corrected chi connectivity index (χ1v) is 6.89. The summed E-state index contributed by atoms with van der Waals surface area (Å²) in [6, 6.07) is 7.91. The van der Waals surface area contributed by atoms with Gasteiger partial charge >= 0.3 is 0 Å². The lowest BCUT2D eigenvalue weighted by Crippen LogP contribution is -2.03. The molecule has 0 N–H and O–H groups in total. The number of benzene rings is 1. The molecule has 4 nitrogen and oxygen atoms in total. The summed E-state index contributed by atoms with van der Waals surface area (Å²) in [4.78, 5) is 15.1. The summed E-state index contributed by atoms with van der Waals surface area (Å²) < 4.78 is 7.80. The second kappa shape index (κ2) is 6.89. The van der Waals surface area contributed by atoms with Gasteiger partial charge in [-0.05, 0) is 38.0 Å². The van der Waals surface area contributed by atoms with Crippen molar-refractivity contribution in [1.29, 1.82) is 0 Å². The van der Waals surface area contributed by atoms with Gasteiger partial charge in [0, 0.05) is 13.0 Å². The second-order valence-corrected chi connectivity index (χ2v) is 4.81. The zero-order valence-electron chi connectivity index (χ0n) is 12.0. The van der Waals surface area contributed by atoms with Gasteiger partial charge in [-0.1, -0.05) is 12.1 Å². The summed E-state index contributed by atoms with van der Waals surface area (Å²) in [5, 5.41) is 0. The number of carbonyl (C=O) groups excluding carboxylic acids is 1. The Morgan fingerprint density at radius 3 is 2.70 bits per heavy atom. The van der Waals surface area contributed by atoms with Crippen molar-refractivity contribution in [3.05, 3.63) is 48.0 Å². The molecule has 1 aromatic carbocycles. The lowest BCUT2D eigenvalue weighted by atomic mass is 10.1. The molecule has 0 aliphatic heterocycles. The van der Waals surface area contributed by atoms with Gasteiger partial charge in [0.2, 0.25) is 0 Å². The maximum absolute atomic E-state index is 10.9. The first-order chi connectivity index (χ1) is 9.69. The molecule has 1 aromatic heterocycles. The van der Waals surface area contributed by atoms with Gasteiger partial charge < -0.3 is 14.1 Å². The normalized spacial score (nSPS) is 10.5. The van der Waals surface area contributed by atoms with E-state index in [9.17, 15) is 4.79 Å². The monoisotopic (exact) mass is 272 g/mol. The number of ether oxygens (including phenoxy) is 1. The predicted molar refractivity (Wildman–Crippen MR) is 77.7 cm³/mol. The largest absolute Gasteiger partial charge is 0.487 e. The first-order valence-electron chi connectivity index (χ1n) is 6.89. The van der Waals surface area contributed by atoms with Gasteiger partial charge in [-0.3, -0.25) is 0 Å². The Bertz CT molecular complexity index is 558. The van der Waals surface area contributed by atoms with Crippen molar-refractivity contribution in [1.82, 2.24) is 9.55 Å². The maximum atomic E-state index is 10.9. The van der Waals surface area contributed by atoms with Crippen molar-refractivity contribution >= 4 is 5.78 Å². The molecule has 2 aromatic rings. The average molecular weight is 272 g/mol. The second-order valence-electron chi connectivity index (χ2n) is 4.81. The number of hydrogen-bond donors (Lipinski definition) is 0. The molecule has 0 amide bonds. The van der Waals surface area contributed by atoms with Crippen LogP contribution in [0.25, 0.3) is 0 Å². The molecule has 0 aliphatic carbocycles. The van der Waals surface area contributed by atoms with E-state index < -0.39 is 0 Å². The van der Waals surface area contributed by atoms with Crippen LogP contribution in [0.5, 0.6) is 5.75 Å². The van der Waals surface area contributed by atoms with Crippen LogP contribution in [0.15, 0.2) is 36.8 Å². The van der Waals surface area contributed by atoms with Gasteiger partial charge in [0.1, 0.15) is 18.1 Å².